The Morgan fingerprint density at radius 1 is 1.35 bits per heavy atom. The van der Waals surface area contributed by atoms with Crippen molar-refractivity contribution in [1.29, 1.82) is 0 Å². The molecule has 2 aromatic rings. The molecule has 1 fully saturated rings. The second-order valence-electron chi connectivity index (χ2n) is 6.60. The number of likely N-dealkylation sites (tertiary alicyclic amines) is 1. The van der Waals surface area contributed by atoms with Crippen LogP contribution in [0, 0.1) is 5.92 Å². The Morgan fingerprint density at radius 2 is 2.19 bits per heavy atom. The van der Waals surface area contributed by atoms with Crippen LogP contribution in [0.1, 0.15) is 22.3 Å². The van der Waals surface area contributed by atoms with Crippen molar-refractivity contribution in [2.24, 2.45) is 5.92 Å². The van der Waals surface area contributed by atoms with E-state index in [9.17, 15) is 9.90 Å². The van der Waals surface area contributed by atoms with Gasteiger partial charge in [-0.05, 0) is 31.2 Å². The molecule has 1 amide bonds. The number of piperidine rings is 1. The van der Waals surface area contributed by atoms with Crippen LogP contribution in [0.3, 0.4) is 0 Å². The van der Waals surface area contributed by atoms with Crippen molar-refractivity contribution in [2.45, 2.75) is 19.0 Å². The molecule has 1 saturated heterocycles. The third-order valence-corrected chi connectivity index (χ3v) is 4.90. The summed E-state index contributed by atoms with van der Waals surface area (Å²) in [6, 6.07) is 11.4. The normalized spacial score (nSPS) is 20.5. The second kappa shape index (κ2) is 8.78. The van der Waals surface area contributed by atoms with Crippen LogP contribution < -0.4 is 10.1 Å². The minimum absolute atomic E-state index is 0.0598. The van der Waals surface area contributed by atoms with Crippen LogP contribution in [0.4, 0.5) is 0 Å². The van der Waals surface area contributed by atoms with Gasteiger partial charge in [-0.2, -0.15) is 0 Å². The molecular weight excluding hydrogens is 330 g/mol. The minimum Gasteiger partial charge on any atom is -0.496 e. The van der Waals surface area contributed by atoms with Crippen molar-refractivity contribution >= 4 is 5.91 Å². The highest BCUT2D eigenvalue weighted by Crippen LogP contribution is 2.23. The molecule has 2 atom stereocenters. The Morgan fingerprint density at radius 3 is 2.92 bits per heavy atom. The Labute approximate surface area is 153 Å². The van der Waals surface area contributed by atoms with E-state index in [0.717, 1.165) is 30.8 Å². The van der Waals surface area contributed by atoms with Crippen LogP contribution in [0.25, 0.3) is 0 Å². The Bertz CT molecular complexity index is 723. The Kier molecular flexibility index (Phi) is 6.20. The number of ether oxygens (including phenoxy) is 1. The summed E-state index contributed by atoms with van der Waals surface area (Å²) in [4.78, 5) is 18.8. The van der Waals surface area contributed by atoms with Gasteiger partial charge < -0.3 is 15.2 Å². The van der Waals surface area contributed by atoms with Gasteiger partial charge in [0.25, 0.3) is 5.91 Å². The van der Waals surface area contributed by atoms with E-state index in [0.29, 0.717) is 12.1 Å². The number of carbonyl (C=O) groups excluding carboxylic acids is 1. The lowest BCUT2D eigenvalue weighted by atomic mass is 9.91. The van der Waals surface area contributed by atoms with Crippen molar-refractivity contribution in [3.63, 3.8) is 0 Å². The number of aliphatic hydroxyl groups is 1. The lowest BCUT2D eigenvalue weighted by Gasteiger charge is -2.38. The number of hydrogen-bond donors (Lipinski definition) is 2. The van der Waals surface area contributed by atoms with E-state index < -0.39 is 0 Å². The van der Waals surface area contributed by atoms with E-state index in [2.05, 4.69) is 21.3 Å². The van der Waals surface area contributed by atoms with Crippen LogP contribution in [0.5, 0.6) is 5.75 Å². The van der Waals surface area contributed by atoms with Crippen molar-refractivity contribution in [3.8, 4) is 5.75 Å². The number of aromatic nitrogens is 1. The number of nitrogens with zero attached hydrogens (tertiary/aromatic N) is 2. The van der Waals surface area contributed by atoms with Gasteiger partial charge in [0.05, 0.1) is 12.7 Å². The predicted molar refractivity (Wildman–Crippen MR) is 99.0 cm³/mol. The summed E-state index contributed by atoms with van der Waals surface area (Å²) >= 11 is 0. The van der Waals surface area contributed by atoms with Gasteiger partial charge in [-0.25, -0.2) is 0 Å². The quantitative estimate of drug-likeness (QED) is 0.825. The average molecular weight is 355 g/mol. The topological polar surface area (TPSA) is 74.7 Å². The van der Waals surface area contributed by atoms with Gasteiger partial charge in [0.1, 0.15) is 5.75 Å². The molecule has 2 N–H and O–H groups in total. The van der Waals surface area contributed by atoms with E-state index in [-0.39, 0.29) is 24.5 Å². The van der Waals surface area contributed by atoms with Gasteiger partial charge in [-0.15, -0.1) is 0 Å². The first-order chi connectivity index (χ1) is 12.7. The standard InChI is InChI=1S/C20H25N3O3/c1-26-19-7-3-2-5-16(19)12-23-10-8-17(14-24)18(13-23)22-20(25)15-6-4-9-21-11-15/h2-7,9,11,17-18,24H,8,10,12-14H2,1H3,(H,22,25)/t17-,18-/m1/s1. The average Bonchev–Trinajstić information content (AvgIpc) is 2.69. The minimum atomic E-state index is -0.152. The number of pyridine rings is 1. The molecule has 138 valence electrons. The number of para-hydroxylation sites is 1. The number of methoxy groups -OCH3 is 1. The number of benzene rings is 1. The molecule has 6 nitrogen and oxygen atoms in total. The molecule has 6 heteroatoms. The fourth-order valence-corrected chi connectivity index (χ4v) is 3.42. The van der Waals surface area contributed by atoms with Crippen LogP contribution in [0.2, 0.25) is 0 Å². The number of rotatable bonds is 6. The van der Waals surface area contributed by atoms with Crippen molar-refractivity contribution in [1.82, 2.24) is 15.2 Å². The molecule has 3 rings (SSSR count). The summed E-state index contributed by atoms with van der Waals surface area (Å²) in [5.41, 5.74) is 1.65. The van der Waals surface area contributed by atoms with Crippen molar-refractivity contribution in [3.05, 3.63) is 59.9 Å². The van der Waals surface area contributed by atoms with Gasteiger partial charge in [0.2, 0.25) is 0 Å². The maximum absolute atomic E-state index is 12.5. The molecule has 0 aliphatic carbocycles. The lowest BCUT2D eigenvalue weighted by molar-refractivity contribution is 0.0728. The number of hydrogen-bond acceptors (Lipinski definition) is 5. The zero-order chi connectivity index (χ0) is 18.4. The number of aliphatic hydroxyl groups excluding tert-OH is 1. The second-order valence-corrected chi connectivity index (χ2v) is 6.60. The van der Waals surface area contributed by atoms with Crippen molar-refractivity contribution in [2.75, 3.05) is 26.8 Å². The summed E-state index contributed by atoms with van der Waals surface area (Å²) in [5, 5.41) is 12.8. The van der Waals surface area contributed by atoms with E-state index in [1.54, 1.807) is 31.6 Å². The molecule has 0 spiro atoms. The van der Waals surface area contributed by atoms with Crippen LogP contribution in [-0.2, 0) is 6.54 Å². The third kappa shape index (κ3) is 4.39. The van der Waals surface area contributed by atoms with Gasteiger partial charge >= 0.3 is 0 Å². The highest BCUT2D eigenvalue weighted by atomic mass is 16.5. The first kappa shape index (κ1) is 18.4. The first-order valence-corrected chi connectivity index (χ1v) is 8.87. The smallest absolute Gasteiger partial charge is 0.253 e. The van der Waals surface area contributed by atoms with Crippen LogP contribution in [0.15, 0.2) is 48.8 Å². The zero-order valence-electron chi connectivity index (χ0n) is 15.0. The van der Waals surface area contributed by atoms with Crippen molar-refractivity contribution < 1.29 is 14.6 Å². The van der Waals surface area contributed by atoms with Gasteiger partial charge in [0.15, 0.2) is 0 Å². The summed E-state index contributed by atoms with van der Waals surface area (Å²) in [6.07, 6.45) is 4.03. The molecule has 1 aliphatic heterocycles. The van der Waals surface area contributed by atoms with E-state index in [1.807, 2.05) is 18.2 Å². The van der Waals surface area contributed by atoms with Crippen LogP contribution >= 0.6 is 0 Å². The molecule has 0 saturated carbocycles. The molecule has 1 aliphatic rings. The summed E-state index contributed by atoms with van der Waals surface area (Å²) in [5.74, 6) is 0.776. The molecule has 26 heavy (non-hydrogen) atoms. The summed E-state index contributed by atoms with van der Waals surface area (Å²) in [7, 11) is 1.67. The molecule has 1 aromatic heterocycles. The predicted octanol–water partition coefficient (Wildman–Crippen LogP) is 1.70. The molecule has 0 radical (unpaired) electrons. The maximum atomic E-state index is 12.5. The van der Waals surface area contributed by atoms with E-state index in [1.165, 1.54) is 0 Å². The van der Waals surface area contributed by atoms with E-state index >= 15 is 0 Å². The Balaban J connectivity index is 1.67. The first-order valence-electron chi connectivity index (χ1n) is 8.87. The fourth-order valence-electron chi connectivity index (χ4n) is 3.42. The SMILES string of the molecule is COc1ccccc1CN1CC[C@H](CO)[C@H](NC(=O)c2cccnc2)C1. The third-order valence-electron chi connectivity index (χ3n) is 4.90. The summed E-state index contributed by atoms with van der Waals surface area (Å²) in [6.45, 7) is 2.39. The van der Waals surface area contributed by atoms with E-state index in [4.69, 9.17) is 4.74 Å². The highest BCUT2D eigenvalue weighted by Gasteiger charge is 2.30. The van der Waals surface area contributed by atoms with Gasteiger partial charge in [-0.1, -0.05) is 18.2 Å². The van der Waals surface area contributed by atoms with Gasteiger partial charge in [0, 0.05) is 49.6 Å². The Hall–Kier alpha value is -2.44. The van der Waals surface area contributed by atoms with Gasteiger partial charge in [-0.3, -0.25) is 14.7 Å². The lowest BCUT2D eigenvalue weighted by Crippen LogP contribution is -2.53. The zero-order valence-corrected chi connectivity index (χ0v) is 15.0. The fraction of sp³-hybridized carbons (Fsp3) is 0.400. The molecule has 2 heterocycles. The maximum Gasteiger partial charge on any atom is 0.253 e. The largest absolute Gasteiger partial charge is 0.496 e. The van der Waals surface area contributed by atoms with Crippen LogP contribution in [-0.4, -0.2) is 53.7 Å². The highest BCUT2D eigenvalue weighted by molar-refractivity contribution is 5.94. The number of amides is 1. The monoisotopic (exact) mass is 355 g/mol. The number of carbonyl (C=O) groups is 1. The molecule has 0 bridgehead atoms. The summed E-state index contributed by atoms with van der Waals surface area (Å²) < 4.78 is 5.44. The number of nitrogens with one attached hydrogen (secondary N) is 1. The molecule has 0 unspecified atom stereocenters. The molecular formula is C20H25N3O3. The molecule has 1 aromatic carbocycles.